The molecule has 4 aromatic rings. The van der Waals surface area contributed by atoms with E-state index in [1.54, 1.807) is 42.5 Å². The Balaban J connectivity index is 1.77. The highest BCUT2D eigenvalue weighted by Crippen LogP contribution is 2.44. The van der Waals surface area contributed by atoms with E-state index >= 15 is 0 Å². The van der Waals surface area contributed by atoms with Crippen molar-refractivity contribution >= 4 is 44.1 Å². The number of halogens is 2. The molecule has 0 aliphatic carbocycles. The molecule has 1 fully saturated rings. The molecule has 1 unspecified atom stereocenters. The number of para-hydroxylation sites is 1. The van der Waals surface area contributed by atoms with Crippen LogP contribution in [0.5, 0.6) is 0 Å². The molecule has 0 saturated carbocycles. The number of hydrogen-bond acceptors (Lipinski definition) is 5. The summed E-state index contributed by atoms with van der Waals surface area (Å²) in [4.78, 5) is 31.7. The molecule has 1 N–H and O–H groups in total. The van der Waals surface area contributed by atoms with Gasteiger partial charge in [-0.3, -0.25) is 14.5 Å². The molecule has 0 spiro atoms. The third-order valence-electron chi connectivity index (χ3n) is 5.24. The van der Waals surface area contributed by atoms with E-state index in [1.165, 1.54) is 6.07 Å². The first-order chi connectivity index (χ1) is 15.5. The van der Waals surface area contributed by atoms with Gasteiger partial charge in [-0.2, -0.15) is 0 Å². The first-order valence-electron chi connectivity index (χ1n) is 9.62. The molecule has 1 amide bonds. The lowest BCUT2D eigenvalue weighted by molar-refractivity contribution is -0.132. The predicted octanol–water partition coefficient (Wildman–Crippen LogP) is 5.20. The fourth-order valence-corrected chi connectivity index (χ4v) is 4.75. The Hall–Kier alpha value is -3.91. The average Bonchev–Trinajstić information content (AvgIpc) is 3.32. The van der Waals surface area contributed by atoms with Crippen LogP contribution in [0.2, 0.25) is 0 Å². The van der Waals surface area contributed by atoms with Crippen LogP contribution in [0.25, 0.3) is 16.0 Å². The van der Waals surface area contributed by atoms with Crippen LogP contribution >= 0.6 is 11.3 Å². The highest BCUT2D eigenvalue weighted by Gasteiger charge is 2.49. The zero-order valence-corrected chi connectivity index (χ0v) is 17.1. The van der Waals surface area contributed by atoms with Gasteiger partial charge in [-0.25, -0.2) is 13.8 Å². The van der Waals surface area contributed by atoms with E-state index in [0.717, 1.165) is 27.0 Å². The lowest BCUT2D eigenvalue weighted by Crippen LogP contribution is -2.29. The second-order valence-electron chi connectivity index (χ2n) is 7.17. The third kappa shape index (κ3) is 3.16. The summed E-state index contributed by atoms with van der Waals surface area (Å²) in [5.74, 6) is -4.11. The largest absolute Gasteiger partial charge is 0.507 e. The first kappa shape index (κ1) is 20.0. The van der Waals surface area contributed by atoms with Crippen molar-refractivity contribution < 1.29 is 23.5 Å². The van der Waals surface area contributed by atoms with Gasteiger partial charge in [0.15, 0.2) is 5.13 Å². The number of thiazole rings is 1. The Labute approximate surface area is 184 Å². The monoisotopic (exact) mass is 448 g/mol. The molecule has 1 aromatic heterocycles. The van der Waals surface area contributed by atoms with E-state index in [1.807, 2.05) is 12.1 Å². The van der Waals surface area contributed by atoms with Crippen LogP contribution in [0.4, 0.5) is 13.9 Å². The van der Waals surface area contributed by atoms with Crippen molar-refractivity contribution in [1.29, 1.82) is 0 Å². The van der Waals surface area contributed by atoms with Gasteiger partial charge in [-0.05, 0) is 18.2 Å². The second-order valence-corrected chi connectivity index (χ2v) is 8.17. The summed E-state index contributed by atoms with van der Waals surface area (Å²) in [6, 6.07) is 16.9. The quantitative estimate of drug-likeness (QED) is 0.266. The number of aliphatic hydroxyl groups is 1. The lowest BCUT2D eigenvalue weighted by Gasteiger charge is -2.23. The van der Waals surface area contributed by atoms with Crippen LogP contribution in [-0.4, -0.2) is 21.8 Å². The molecule has 1 atom stereocenters. The van der Waals surface area contributed by atoms with Gasteiger partial charge in [0.2, 0.25) is 0 Å². The van der Waals surface area contributed by atoms with Crippen LogP contribution in [0, 0.1) is 11.6 Å². The maximum Gasteiger partial charge on any atom is 0.301 e. The number of aromatic nitrogens is 1. The molecule has 158 valence electrons. The number of anilines is 1. The van der Waals surface area contributed by atoms with Gasteiger partial charge in [0, 0.05) is 17.2 Å². The van der Waals surface area contributed by atoms with Gasteiger partial charge < -0.3 is 5.11 Å². The number of fused-ring (bicyclic) bond motifs is 1. The Bertz CT molecular complexity index is 1380. The van der Waals surface area contributed by atoms with Crippen LogP contribution in [0.1, 0.15) is 17.2 Å². The molecule has 1 aliphatic heterocycles. The standard InChI is InChI=1S/C24H14F2N2O3S/c25-14-10-11-15(16(26)12-14)20-19(21(29)13-6-2-1-3-7-13)22(30)23(31)28(20)24-27-17-8-4-5-9-18(17)32-24/h1-12,20,29H/b21-19+. The summed E-state index contributed by atoms with van der Waals surface area (Å²) < 4.78 is 29.3. The zero-order valence-electron chi connectivity index (χ0n) is 16.3. The minimum atomic E-state index is -1.31. The van der Waals surface area contributed by atoms with E-state index in [4.69, 9.17) is 0 Å². The highest BCUT2D eigenvalue weighted by atomic mass is 32.1. The second kappa shape index (κ2) is 7.65. The molecule has 3 aromatic carbocycles. The summed E-state index contributed by atoms with van der Waals surface area (Å²) in [6.45, 7) is 0. The molecule has 1 aliphatic rings. The molecule has 32 heavy (non-hydrogen) atoms. The fourth-order valence-electron chi connectivity index (χ4n) is 3.76. The Morgan fingerprint density at radius 3 is 2.41 bits per heavy atom. The highest BCUT2D eigenvalue weighted by molar-refractivity contribution is 7.22. The normalized spacial score (nSPS) is 17.9. The van der Waals surface area contributed by atoms with Gasteiger partial charge in [-0.1, -0.05) is 59.9 Å². The molecular formula is C24H14F2N2O3S. The number of Topliss-reactive ketones (excluding diaryl/α,β-unsaturated/α-hetero) is 1. The van der Waals surface area contributed by atoms with Crippen molar-refractivity contribution in [2.24, 2.45) is 0 Å². The average molecular weight is 448 g/mol. The molecule has 0 bridgehead atoms. The fraction of sp³-hybridized carbons (Fsp3) is 0.0417. The van der Waals surface area contributed by atoms with Crippen molar-refractivity contribution in [3.63, 3.8) is 0 Å². The van der Waals surface area contributed by atoms with Crippen molar-refractivity contribution in [2.45, 2.75) is 6.04 Å². The van der Waals surface area contributed by atoms with Crippen molar-refractivity contribution in [1.82, 2.24) is 4.98 Å². The molecule has 1 saturated heterocycles. The van der Waals surface area contributed by atoms with Crippen LogP contribution in [0.15, 0.2) is 78.4 Å². The lowest BCUT2D eigenvalue weighted by atomic mass is 9.95. The summed E-state index contributed by atoms with van der Waals surface area (Å²) in [7, 11) is 0. The third-order valence-corrected chi connectivity index (χ3v) is 6.27. The number of amides is 1. The summed E-state index contributed by atoms with van der Waals surface area (Å²) >= 11 is 1.16. The molecular weight excluding hydrogens is 434 g/mol. The van der Waals surface area contributed by atoms with Crippen molar-refractivity contribution in [3.05, 3.63) is 101 Å². The molecule has 0 radical (unpaired) electrons. The number of ketones is 1. The van der Waals surface area contributed by atoms with Gasteiger partial charge in [0.05, 0.1) is 15.8 Å². The van der Waals surface area contributed by atoms with Crippen LogP contribution in [-0.2, 0) is 9.59 Å². The minimum Gasteiger partial charge on any atom is -0.507 e. The first-order valence-corrected chi connectivity index (χ1v) is 10.4. The summed E-state index contributed by atoms with van der Waals surface area (Å²) in [5.41, 5.74) is 0.492. The number of benzene rings is 3. The van der Waals surface area contributed by atoms with E-state index in [-0.39, 0.29) is 16.3 Å². The maximum atomic E-state index is 14.9. The number of rotatable bonds is 3. The van der Waals surface area contributed by atoms with Crippen molar-refractivity contribution in [2.75, 3.05) is 4.90 Å². The number of nitrogens with zero attached hydrogens (tertiary/aromatic N) is 2. The SMILES string of the molecule is O=C1C(=O)N(c2nc3ccccc3s2)C(c2ccc(F)cc2F)/C1=C(\O)c1ccccc1. The minimum absolute atomic E-state index is 0.123. The molecule has 5 nitrogen and oxygen atoms in total. The van der Waals surface area contributed by atoms with E-state index < -0.39 is 35.1 Å². The van der Waals surface area contributed by atoms with Crippen molar-refractivity contribution in [3.8, 4) is 0 Å². The van der Waals surface area contributed by atoms with Gasteiger partial charge in [0.1, 0.15) is 23.4 Å². The Kier molecular flexibility index (Phi) is 4.79. The number of hydrogen-bond donors (Lipinski definition) is 1. The molecule has 5 rings (SSSR count). The van der Waals surface area contributed by atoms with E-state index in [2.05, 4.69) is 4.98 Å². The van der Waals surface area contributed by atoms with E-state index in [0.29, 0.717) is 17.1 Å². The van der Waals surface area contributed by atoms with Crippen LogP contribution < -0.4 is 4.90 Å². The Morgan fingerprint density at radius 1 is 0.969 bits per heavy atom. The summed E-state index contributed by atoms with van der Waals surface area (Å²) in [5, 5.41) is 11.1. The zero-order chi connectivity index (χ0) is 22.4. The number of aliphatic hydroxyl groups excluding tert-OH is 1. The smallest absolute Gasteiger partial charge is 0.301 e. The maximum absolute atomic E-state index is 14.9. The number of carbonyl (C=O) groups excluding carboxylic acids is 2. The Morgan fingerprint density at radius 2 is 1.69 bits per heavy atom. The van der Waals surface area contributed by atoms with E-state index in [9.17, 15) is 23.5 Å². The number of carbonyl (C=O) groups is 2. The van der Waals surface area contributed by atoms with Gasteiger partial charge >= 0.3 is 5.91 Å². The van der Waals surface area contributed by atoms with Gasteiger partial charge in [0.25, 0.3) is 5.78 Å². The molecule has 8 heteroatoms. The van der Waals surface area contributed by atoms with Crippen LogP contribution in [0.3, 0.4) is 0 Å². The molecule has 2 heterocycles. The summed E-state index contributed by atoms with van der Waals surface area (Å²) in [6.07, 6.45) is 0. The van der Waals surface area contributed by atoms with Gasteiger partial charge in [-0.15, -0.1) is 0 Å². The topological polar surface area (TPSA) is 70.5 Å². The predicted molar refractivity (Wildman–Crippen MR) is 117 cm³/mol.